The molecule has 1 aliphatic heterocycles. The Morgan fingerprint density at radius 1 is 1.28 bits per heavy atom. The van der Waals surface area contributed by atoms with E-state index in [4.69, 9.17) is 0 Å². The first-order valence-corrected chi connectivity index (χ1v) is 8.57. The fourth-order valence-corrected chi connectivity index (χ4v) is 3.42. The first-order valence-electron chi connectivity index (χ1n) is 6.91. The summed E-state index contributed by atoms with van der Waals surface area (Å²) < 4.78 is 26.2. The van der Waals surface area contributed by atoms with Gasteiger partial charge in [0.25, 0.3) is 0 Å². The van der Waals surface area contributed by atoms with Gasteiger partial charge in [-0.1, -0.05) is 6.92 Å². The van der Waals surface area contributed by atoms with E-state index in [1.807, 2.05) is 7.05 Å². The van der Waals surface area contributed by atoms with Crippen LogP contribution in [0.15, 0.2) is 0 Å². The van der Waals surface area contributed by atoms with E-state index in [1.165, 1.54) is 0 Å². The predicted octanol–water partition coefficient (Wildman–Crippen LogP) is 0.247. The van der Waals surface area contributed by atoms with Crippen LogP contribution in [0, 0.1) is 5.92 Å². The zero-order chi connectivity index (χ0) is 13.4. The maximum Gasteiger partial charge on any atom is 0.211 e. The van der Waals surface area contributed by atoms with E-state index in [0.29, 0.717) is 18.9 Å². The third-order valence-electron chi connectivity index (χ3n) is 3.59. The van der Waals surface area contributed by atoms with Gasteiger partial charge in [-0.3, -0.25) is 0 Å². The van der Waals surface area contributed by atoms with Crippen molar-refractivity contribution >= 4 is 10.0 Å². The molecule has 0 aromatic carbocycles. The second kappa shape index (κ2) is 8.09. The topological polar surface area (TPSA) is 61.4 Å². The van der Waals surface area contributed by atoms with Crippen molar-refractivity contribution < 1.29 is 8.42 Å². The zero-order valence-electron chi connectivity index (χ0n) is 11.6. The molecule has 0 atom stereocenters. The lowest BCUT2D eigenvalue weighted by molar-refractivity contribution is 0.194. The minimum absolute atomic E-state index is 0.224. The second-order valence-corrected chi connectivity index (χ2v) is 6.93. The molecule has 1 aliphatic rings. The molecule has 1 rings (SSSR count). The van der Waals surface area contributed by atoms with Gasteiger partial charge in [-0.25, -0.2) is 13.1 Å². The zero-order valence-corrected chi connectivity index (χ0v) is 12.4. The second-order valence-electron chi connectivity index (χ2n) is 5.00. The Balaban J connectivity index is 2.20. The van der Waals surface area contributed by atoms with Crippen LogP contribution in [0.2, 0.25) is 0 Å². The summed E-state index contributed by atoms with van der Waals surface area (Å²) in [6, 6.07) is 0. The van der Waals surface area contributed by atoms with Gasteiger partial charge < -0.3 is 10.2 Å². The molecule has 0 saturated carbocycles. The standard InChI is InChI=1S/C12H27N3O2S/c1-3-15-8-5-12(6-9-15)11-14-18(16,17)10-4-7-13-2/h12-14H,3-11H2,1-2H3. The molecule has 0 radical (unpaired) electrons. The minimum atomic E-state index is -3.08. The van der Waals surface area contributed by atoms with Crippen molar-refractivity contribution in [3.05, 3.63) is 0 Å². The van der Waals surface area contributed by atoms with Gasteiger partial charge in [-0.2, -0.15) is 0 Å². The third-order valence-corrected chi connectivity index (χ3v) is 5.02. The van der Waals surface area contributed by atoms with Gasteiger partial charge in [0, 0.05) is 6.54 Å². The Hall–Kier alpha value is -0.170. The molecule has 0 unspecified atom stereocenters. The van der Waals surface area contributed by atoms with Crippen LogP contribution in [0.5, 0.6) is 0 Å². The summed E-state index contributed by atoms with van der Waals surface area (Å²) in [4.78, 5) is 2.41. The van der Waals surface area contributed by atoms with Gasteiger partial charge in [0.05, 0.1) is 5.75 Å². The van der Waals surface area contributed by atoms with Gasteiger partial charge in [0.15, 0.2) is 0 Å². The van der Waals surface area contributed by atoms with Crippen molar-refractivity contribution in [3.8, 4) is 0 Å². The average Bonchev–Trinajstić information content (AvgIpc) is 2.37. The molecule has 5 nitrogen and oxygen atoms in total. The Labute approximate surface area is 111 Å². The van der Waals surface area contributed by atoms with Crippen molar-refractivity contribution in [2.24, 2.45) is 5.92 Å². The lowest BCUT2D eigenvalue weighted by atomic mass is 9.97. The summed E-state index contributed by atoms with van der Waals surface area (Å²) in [5.74, 6) is 0.730. The van der Waals surface area contributed by atoms with Gasteiger partial charge >= 0.3 is 0 Å². The smallest absolute Gasteiger partial charge is 0.211 e. The molecule has 1 heterocycles. The highest BCUT2D eigenvalue weighted by atomic mass is 32.2. The van der Waals surface area contributed by atoms with Crippen LogP contribution in [-0.2, 0) is 10.0 Å². The summed E-state index contributed by atoms with van der Waals surface area (Å²) >= 11 is 0. The number of nitrogens with one attached hydrogen (secondary N) is 2. The fourth-order valence-electron chi connectivity index (χ4n) is 2.26. The van der Waals surface area contributed by atoms with E-state index < -0.39 is 10.0 Å². The van der Waals surface area contributed by atoms with Crippen LogP contribution in [0.1, 0.15) is 26.2 Å². The highest BCUT2D eigenvalue weighted by molar-refractivity contribution is 7.89. The van der Waals surface area contributed by atoms with Crippen LogP contribution >= 0.6 is 0 Å². The molecular weight excluding hydrogens is 250 g/mol. The molecule has 0 aromatic heterocycles. The molecule has 6 heteroatoms. The average molecular weight is 277 g/mol. The Kier molecular flexibility index (Phi) is 7.14. The molecular formula is C12H27N3O2S. The maximum atomic E-state index is 11.7. The van der Waals surface area contributed by atoms with Crippen molar-refractivity contribution in [2.45, 2.75) is 26.2 Å². The first-order chi connectivity index (χ1) is 8.57. The Bertz CT molecular complexity index is 311. The molecule has 0 aliphatic carbocycles. The van der Waals surface area contributed by atoms with E-state index in [1.54, 1.807) is 0 Å². The van der Waals surface area contributed by atoms with E-state index in [2.05, 4.69) is 21.9 Å². The Morgan fingerprint density at radius 3 is 2.50 bits per heavy atom. The lowest BCUT2D eigenvalue weighted by Crippen LogP contribution is -2.39. The molecule has 18 heavy (non-hydrogen) atoms. The minimum Gasteiger partial charge on any atom is -0.320 e. The number of likely N-dealkylation sites (tertiary alicyclic amines) is 1. The van der Waals surface area contributed by atoms with Crippen LogP contribution in [-0.4, -0.2) is 58.8 Å². The summed E-state index contributed by atoms with van der Waals surface area (Å²) in [5.41, 5.74) is 0. The number of sulfonamides is 1. The lowest BCUT2D eigenvalue weighted by Gasteiger charge is -2.30. The number of hydrogen-bond acceptors (Lipinski definition) is 4. The number of hydrogen-bond donors (Lipinski definition) is 2. The molecule has 0 aromatic rings. The highest BCUT2D eigenvalue weighted by Crippen LogP contribution is 2.16. The van der Waals surface area contributed by atoms with Crippen molar-refractivity contribution in [1.29, 1.82) is 0 Å². The predicted molar refractivity (Wildman–Crippen MR) is 75.2 cm³/mol. The Morgan fingerprint density at radius 2 is 1.94 bits per heavy atom. The van der Waals surface area contributed by atoms with Gasteiger partial charge in [-0.15, -0.1) is 0 Å². The molecule has 0 amide bonds. The molecule has 108 valence electrons. The quantitative estimate of drug-likeness (QED) is 0.624. The highest BCUT2D eigenvalue weighted by Gasteiger charge is 2.19. The normalized spacial score (nSPS) is 19.2. The monoisotopic (exact) mass is 277 g/mol. The number of nitrogens with zero attached hydrogens (tertiary/aromatic N) is 1. The van der Waals surface area contributed by atoms with Crippen molar-refractivity contribution in [3.63, 3.8) is 0 Å². The fraction of sp³-hybridized carbons (Fsp3) is 1.00. The number of piperidine rings is 1. The van der Waals surface area contributed by atoms with Crippen molar-refractivity contribution in [1.82, 2.24) is 14.9 Å². The summed E-state index contributed by atoms with van der Waals surface area (Å²) in [6.07, 6.45) is 2.87. The largest absolute Gasteiger partial charge is 0.320 e. The van der Waals surface area contributed by atoms with E-state index in [0.717, 1.165) is 39.0 Å². The first kappa shape index (κ1) is 15.9. The molecule has 2 N–H and O–H groups in total. The molecule has 0 bridgehead atoms. The van der Waals surface area contributed by atoms with E-state index in [9.17, 15) is 8.42 Å². The summed E-state index contributed by atoms with van der Waals surface area (Å²) in [7, 11) is -1.24. The van der Waals surface area contributed by atoms with E-state index >= 15 is 0 Å². The van der Waals surface area contributed by atoms with Gasteiger partial charge in [0.2, 0.25) is 10.0 Å². The molecule has 1 saturated heterocycles. The van der Waals surface area contributed by atoms with Crippen LogP contribution in [0.4, 0.5) is 0 Å². The van der Waals surface area contributed by atoms with Gasteiger partial charge in [0.1, 0.15) is 0 Å². The van der Waals surface area contributed by atoms with Crippen molar-refractivity contribution in [2.75, 3.05) is 45.5 Å². The number of rotatable bonds is 8. The maximum absolute atomic E-state index is 11.7. The van der Waals surface area contributed by atoms with Gasteiger partial charge in [-0.05, 0) is 58.4 Å². The third kappa shape index (κ3) is 6.13. The summed E-state index contributed by atoms with van der Waals surface area (Å²) in [5, 5.41) is 2.96. The van der Waals surface area contributed by atoms with E-state index in [-0.39, 0.29) is 5.75 Å². The van der Waals surface area contributed by atoms with Crippen LogP contribution in [0.3, 0.4) is 0 Å². The van der Waals surface area contributed by atoms with Crippen LogP contribution in [0.25, 0.3) is 0 Å². The molecule has 1 fully saturated rings. The SMILES string of the molecule is CCN1CCC(CNS(=O)(=O)CCCNC)CC1. The summed E-state index contributed by atoms with van der Waals surface area (Å²) in [6.45, 7) is 6.83. The van der Waals surface area contributed by atoms with Crippen LogP contribution < -0.4 is 10.0 Å². The molecule has 0 spiro atoms.